The van der Waals surface area contributed by atoms with Crippen LogP contribution in [0.4, 0.5) is 10.5 Å². The topological polar surface area (TPSA) is 87.7 Å². The predicted molar refractivity (Wildman–Crippen MR) is 85.1 cm³/mol. The zero-order valence-corrected chi connectivity index (χ0v) is 13.3. The van der Waals surface area contributed by atoms with E-state index in [1.165, 1.54) is 0 Å². The molecule has 124 valence electrons. The molecular weight excluding hydrogens is 298 g/mol. The molecule has 1 aliphatic heterocycles. The van der Waals surface area contributed by atoms with Gasteiger partial charge in [-0.25, -0.2) is 4.79 Å². The number of hydrogen-bond acceptors (Lipinski definition) is 4. The van der Waals surface area contributed by atoms with Gasteiger partial charge in [0.1, 0.15) is 6.54 Å². The van der Waals surface area contributed by atoms with Crippen LogP contribution < -0.4 is 15.5 Å². The van der Waals surface area contributed by atoms with Crippen LogP contribution in [0.1, 0.15) is 18.9 Å². The van der Waals surface area contributed by atoms with E-state index in [4.69, 9.17) is 4.74 Å². The average molecular weight is 319 g/mol. The van der Waals surface area contributed by atoms with Crippen molar-refractivity contribution >= 4 is 23.6 Å². The maximum atomic E-state index is 12.1. The molecule has 0 radical (unpaired) electrons. The van der Waals surface area contributed by atoms with Gasteiger partial charge in [0.15, 0.2) is 0 Å². The lowest BCUT2D eigenvalue weighted by atomic mass is 10.2. The first kappa shape index (κ1) is 16.8. The van der Waals surface area contributed by atoms with E-state index in [-0.39, 0.29) is 31.5 Å². The Labute approximate surface area is 135 Å². The average Bonchev–Trinajstić information content (AvgIpc) is 2.87. The molecule has 1 aromatic rings. The van der Waals surface area contributed by atoms with Crippen LogP contribution in [0.15, 0.2) is 24.3 Å². The van der Waals surface area contributed by atoms with E-state index in [1.807, 2.05) is 31.2 Å². The molecule has 1 fully saturated rings. The first-order chi connectivity index (χ1) is 11.0. The van der Waals surface area contributed by atoms with Gasteiger partial charge in [-0.2, -0.15) is 0 Å². The van der Waals surface area contributed by atoms with Gasteiger partial charge in [0, 0.05) is 18.7 Å². The number of esters is 1. The highest BCUT2D eigenvalue weighted by Gasteiger charge is 2.31. The molecule has 3 amide bonds. The van der Waals surface area contributed by atoms with Gasteiger partial charge >= 0.3 is 12.0 Å². The van der Waals surface area contributed by atoms with Gasteiger partial charge < -0.3 is 20.3 Å². The molecule has 1 aliphatic rings. The van der Waals surface area contributed by atoms with Crippen molar-refractivity contribution in [3.05, 3.63) is 29.8 Å². The first-order valence-corrected chi connectivity index (χ1v) is 7.56. The molecule has 0 aliphatic carbocycles. The molecule has 0 spiro atoms. The minimum atomic E-state index is -0.494. The zero-order valence-electron chi connectivity index (χ0n) is 13.3. The summed E-state index contributed by atoms with van der Waals surface area (Å²) in [7, 11) is 0. The van der Waals surface area contributed by atoms with E-state index in [0.29, 0.717) is 6.54 Å². The van der Waals surface area contributed by atoms with Gasteiger partial charge in [0.25, 0.3) is 0 Å². The second-order valence-corrected chi connectivity index (χ2v) is 5.37. The molecule has 1 heterocycles. The summed E-state index contributed by atoms with van der Waals surface area (Å²) < 4.78 is 4.72. The molecule has 0 bridgehead atoms. The van der Waals surface area contributed by atoms with Crippen molar-refractivity contribution in [1.82, 2.24) is 10.6 Å². The molecule has 7 nitrogen and oxygen atoms in total. The Kier molecular flexibility index (Phi) is 5.56. The van der Waals surface area contributed by atoms with Gasteiger partial charge in [0.05, 0.1) is 12.6 Å². The van der Waals surface area contributed by atoms with Crippen molar-refractivity contribution in [3.8, 4) is 0 Å². The summed E-state index contributed by atoms with van der Waals surface area (Å²) in [6.45, 7) is 4.16. The smallest absolute Gasteiger partial charge is 0.325 e. The monoisotopic (exact) mass is 319 g/mol. The van der Waals surface area contributed by atoms with E-state index in [1.54, 1.807) is 11.8 Å². The fraction of sp³-hybridized carbons (Fsp3) is 0.438. The summed E-state index contributed by atoms with van der Waals surface area (Å²) in [6, 6.07) is 6.88. The molecule has 1 atom stereocenters. The number of anilines is 1. The van der Waals surface area contributed by atoms with E-state index >= 15 is 0 Å². The number of carbonyl (C=O) groups excluding carboxylic acids is 3. The number of amides is 3. The van der Waals surface area contributed by atoms with Crippen molar-refractivity contribution in [3.63, 3.8) is 0 Å². The molecule has 7 heteroatoms. The van der Waals surface area contributed by atoms with Gasteiger partial charge in [-0.05, 0) is 26.0 Å². The number of hydrogen-bond donors (Lipinski definition) is 2. The van der Waals surface area contributed by atoms with Crippen LogP contribution in [0.5, 0.6) is 0 Å². The van der Waals surface area contributed by atoms with Crippen LogP contribution in [0.3, 0.4) is 0 Å². The second kappa shape index (κ2) is 7.62. The Morgan fingerprint density at radius 1 is 1.30 bits per heavy atom. The SMILES string of the molecule is CCOC(=O)CNC(=O)N[C@H]1CC(=O)N(c2ccc(C)cc2)C1. The molecule has 1 aromatic carbocycles. The standard InChI is InChI=1S/C16H21N3O4/c1-3-23-15(21)9-17-16(22)18-12-8-14(20)19(10-12)13-6-4-11(2)5-7-13/h4-7,12H,3,8-10H2,1-2H3,(H2,17,18,22)/t12-/m0/s1. The number of nitrogens with zero attached hydrogens (tertiary/aromatic N) is 1. The van der Waals surface area contributed by atoms with Crippen LogP contribution in [-0.2, 0) is 14.3 Å². The number of nitrogens with one attached hydrogen (secondary N) is 2. The zero-order chi connectivity index (χ0) is 16.8. The Hall–Kier alpha value is -2.57. The molecule has 23 heavy (non-hydrogen) atoms. The maximum absolute atomic E-state index is 12.1. The number of benzene rings is 1. The molecule has 0 aromatic heterocycles. The number of ether oxygens (including phenoxy) is 1. The molecular formula is C16H21N3O4. The molecule has 2 N–H and O–H groups in total. The lowest BCUT2D eigenvalue weighted by Gasteiger charge is -2.17. The van der Waals surface area contributed by atoms with Crippen molar-refractivity contribution in [2.45, 2.75) is 26.3 Å². The fourth-order valence-electron chi connectivity index (χ4n) is 2.38. The van der Waals surface area contributed by atoms with Crippen molar-refractivity contribution in [2.24, 2.45) is 0 Å². The van der Waals surface area contributed by atoms with E-state index in [2.05, 4.69) is 10.6 Å². The number of carbonyl (C=O) groups is 3. The highest BCUT2D eigenvalue weighted by atomic mass is 16.5. The highest BCUT2D eigenvalue weighted by Crippen LogP contribution is 2.21. The largest absolute Gasteiger partial charge is 0.465 e. The van der Waals surface area contributed by atoms with Crippen LogP contribution in [0.2, 0.25) is 0 Å². The van der Waals surface area contributed by atoms with Gasteiger partial charge in [0.2, 0.25) is 5.91 Å². The third kappa shape index (κ3) is 4.70. The Bertz CT molecular complexity index is 585. The summed E-state index contributed by atoms with van der Waals surface area (Å²) in [5, 5.41) is 5.11. The molecule has 0 unspecified atom stereocenters. The lowest BCUT2D eigenvalue weighted by molar-refractivity contribution is -0.141. The van der Waals surface area contributed by atoms with Crippen LogP contribution in [-0.4, -0.2) is 43.6 Å². The Morgan fingerprint density at radius 3 is 2.65 bits per heavy atom. The third-order valence-corrected chi connectivity index (χ3v) is 3.50. The van der Waals surface area contributed by atoms with E-state index in [0.717, 1.165) is 11.3 Å². The summed E-state index contributed by atoms with van der Waals surface area (Å²) >= 11 is 0. The van der Waals surface area contributed by atoms with Gasteiger partial charge in [-0.15, -0.1) is 0 Å². The van der Waals surface area contributed by atoms with Crippen molar-refractivity contribution < 1.29 is 19.1 Å². The summed E-state index contributed by atoms with van der Waals surface area (Å²) in [5.74, 6) is -0.532. The maximum Gasteiger partial charge on any atom is 0.325 e. The van der Waals surface area contributed by atoms with Crippen LogP contribution in [0.25, 0.3) is 0 Å². The normalized spacial score (nSPS) is 17.0. The fourth-order valence-corrected chi connectivity index (χ4v) is 2.38. The number of urea groups is 1. The predicted octanol–water partition coefficient (Wildman–Crippen LogP) is 0.963. The molecule has 1 saturated heterocycles. The number of aryl methyl sites for hydroxylation is 1. The molecule has 2 rings (SSSR count). The van der Waals surface area contributed by atoms with E-state index < -0.39 is 12.0 Å². The minimum absolute atomic E-state index is 0.0375. The van der Waals surface area contributed by atoms with Crippen LogP contribution in [0, 0.1) is 6.92 Å². The lowest BCUT2D eigenvalue weighted by Crippen LogP contribution is -2.45. The summed E-state index contributed by atoms with van der Waals surface area (Å²) in [4.78, 5) is 36.6. The number of rotatable bonds is 5. The second-order valence-electron chi connectivity index (χ2n) is 5.37. The summed E-state index contributed by atoms with van der Waals surface area (Å²) in [6.07, 6.45) is 0.237. The van der Waals surface area contributed by atoms with Gasteiger partial charge in [-0.3, -0.25) is 9.59 Å². The highest BCUT2D eigenvalue weighted by molar-refractivity contribution is 5.96. The first-order valence-electron chi connectivity index (χ1n) is 7.56. The minimum Gasteiger partial charge on any atom is -0.465 e. The molecule has 0 saturated carbocycles. The van der Waals surface area contributed by atoms with Crippen molar-refractivity contribution in [2.75, 3.05) is 24.6 Å². The van der Waals surface area contributed by atoms with E-state index in [9.17, 15) is 14.4 Å². The van der Waals surface area contributed by atoms with Crippen LogP contribution >= 0.6 is 0 Å². The Balaban J connectivity index is 1.84. The van der Waals surface area contributed by atoms with Crippen molar-refractivity contribution in [1.29, 1.82) is 0 Å². The third-order valence-electron chi connectivity index (χ3n) is 3.50. The van der Waals surface area contributed by atoms with Gasteiger partial charge in [-0.1, -0.05) is 17.7 Å². The quantitative estimate of drug-likeness (QED) is 0.792. The summed E-state index contributed by atoms with van der Waals surface area (Å²) in [5.41, 5.74) is 1.94. The Morgan fingerprint density at radius 2 is 2.00 bits per heavy atom.